The van der Waals surface area contributed by atoms with E-state index in [-0.39, 0.29) is 5.56 Å². The summed E-state index contributed by atoms with van der Waals surface area (Å²) in [4.78, 5) is 35.8. The average Bonchev–Trinajstić information content (AvgIpc) is 3.40. The number of hydrogen-bond acceptors (Lipinski definition) is 6. The Kier molecular flexibility index (Phi) is 5.19. The van der Waals surface area contributed by atoms with Crippen molar-refractivity contribution in [3.63, 3.8) is 0 Å². The molecule has 31 heavy (non-hydrogen) atoms. The molecule has 0 aliphatic carbocycles. The number of nitrogens with one attached hydrogen (secondary N) is 2. The lowest BCUT2D eigenvalue weighted by Gasteiger charge is -2.29. The molecule has 4 aromatic rings. The van der Waals surface area contributed by atoms with Gasteiger partial charge in [-0.05, 0) is 36.8 Å². The SMILES string of the molecule is CC1CCN(c2nn3c(=O)c(C(=O)NCCc4c[nH]c5ccccc45)cnc3s2)CC1. The standard InChI is InChI=1S/C22H24N6O2S/c1-14-7-10-27(11-8-14)22-26-28-20(30)17(13-25-21(28)31-22)19(29)23-9-6-15-12-24-18-5-3-2-4-16(15)18/h2-5,12-14,24H,6-11H2,1H3,(H,23,29). The van der Waals surface area contributed by atoms with Gasteiger partial charge in [0.2, 0.25) is 10.1 Å². The van der Waals surface area contributed by atoms with Gasteiger partial charge in [0.1, 0.15) is 5.56 Å². The molecule has 1 aromatic carbocycles. The van der Waals surface area contributed by atoms with Crippen LogP contribution in [-0.4, -0.2) is 45.1 Å². The zero-order valence-corrected chi connectivity index (χ0v) is 18.1. The van der Waals surface area contributed by atoms with Gasteiger partial charge in [-0.15, -0.1) is 5.10 Å². The predicted molar refractivity (Wildman–Crippen MR) is 122 cm³/mol. The molecule has 1 amide bonds. The van der Waals surface area contributed by atoms with E-state index in [1.165, 1.54) is 22.0 Å². The summed E-state index contributed by atoms with van der Waals surface area (Å²) in [6.07, 6.45) is 6.21. The number of aromatic nitrogens is 4. The molecule has 0 spiro atoms. The van der Waals surface area contributed by atoms with Crippen molar-refractivity contribution >= 4 is 38.2 Å². The number of fused-ring (bicyclic) bond motifs is 2. The van der Waals surface area contributed by atoms with Crippen molar-refractivity contribution in [2.45, 2.75) is 26.2 Å². The van der Waals surface area contributed by atoms with Crippen molar-refractivity contribution in [1.82, 2.24) is 24.9 Å². The Morgan fingerprint density at radius 2 is 2.10 bits per heavy atom. The molecular weight excluding hydrogens is 412 g/mol. The third-order valence-electron chi connectivity index (χ3n) is 5.93. The topological polar surface area (TPSA) is 95.4 Å². The molecule has 0 saturated carbocycles. The van der Waals surface area contributed by atoms with Crippen LogP contribution in [0.1, 0.15) is 35.7 Å². The van der Waals surface area contributed by atoms with Crippen molar-refractivity contribution in [3.05, 3.63) is 58.1 Å². The lowest BCUT2D eigenvalue weighted by atomic mass is 10.00. The van der Waals surface area contributed by atoms with Crippen molar-refractivity contribution in [2.75, 3.05) is 24.5 Å². The molecular formula is C22H24N6O2S. The maximum Gasteiger partial charge on any atom is 0.288 e. The molecule has 0 atom stereocenters. The van der Waals surface area contributed by atoms with E-state index in [1.54, 1.807) is 0 Å². The van der Waals surface area contributed by atoms with Crippen molar-refractivity contribution < 1.29 is 4.79 Å². The maximum absolute atomic E-state index is 12.9. The number of rotatable bonds is 5. The fourth-order valence-electron chi connectivity index (χ4n) is 4.00. The summed E-state index contributed by atoms with van der Waals surface area (Å²) in [6.45, 7) is 4.54. The fraction of sp³-hybridized carbons (Fsp3) is 0.364. The van der Waals surface area contributed by atoms with E-state index in [0.717, 1.165) is 47.5 Å². The van der Waals surface area contributed by atoms with E-state index in [2.05, 4.69) is 38.3 Å². The largest absolute Gasteiger partial charge is 0.361 e. The van der Waals surface area contributed by atoms with Crippen LogP contribution in [0.4, 0.5) is 5.13 Å². The number of para-hydroxylation sites is 1. The number of carbonyl (C=O) groups excluding carboxylic acids is 1. The molecule has 160 valence electrons. The lowest BCUT2D eigenvalue weighted by Crippen LogP contribution is -2.34. The highest BCUT2D eigenvalue weighted by Gasteiger charge is 2.21. The smallest absolute Gasteiger partial charge is 0.288 e. The van der Waals surface area contributed by atoms with Gasteiger partial charge in [0.15, 0.2) is 0 Å². The maximum atomic E-state index is 12.9. The van der Waals surface area contributed by atoms with E-state index in [0.29, 0.717) is 23.8 Å². The van der Waals surface area contributed by atoms with Crippen LogP contribution in [0.25, 0.3) is 15.9 Å². The molecule has 0 radical (unpaired) electrons. The molecule has 1 saturated heterocycles. The van der Waals surface area contributed by atoms with E-state index in [1.807, 2.05) is 24.4 Å². The molecule has 2 N–H and O–H groups in total. The number of H-pyrrole nitrogens is 1. The summed E-state index contributed by atoms with van der Waals surface area (Å²) in [5.41, 5.74) is 1.78. The second kappa shape index (κ2) is 8.14. The van der Waals surface area contributed by atoms with Gasteiger partial charge in [0.25, 0.3) is 11.5 Å². The van der Waals surface area contributed by atoms with Crippen LogP contribution in [0, 0.1) is 5.92 Å². The van der Waals surface area contributed by atoms with Crippen molar-refractivity contribution in [3.8, 4) is 0 Å². The van der Waals surface area contributed by atoms with Crippen LogP contribution in [0.3, 0.4) is 0 Å². The van der Waals surface area contributed by atoms with E-state index in [4.69, 9.17) is 0 Å². The first-order valence-electron chi connectivity index (χ1n) is 10.6. The second-order valence-electron chi connectivity index (χ2n) is 8.09. The summed E-state index contributed by atoms with van der Waals surface area (Å²) in [5.74, 6) is 0.291. The molecule has 3 aromatic heterocycles. The predicted octanol–water partition coefficient (Wildman–Crippen LogP) is 2.84. The van der Waals surface area contributed by atoms with Crippen LogP contribution < -0.4 is 15.8 Å². The Bertz CT molecular complexity index is 1300. The van der Waals surface area contributed by atoms with Gasteiger partial charge in [0.05, 0.1) is 0 Å². The third kappa shape index (κ3) is 3.81. The highest BCUT2D eigenvalue weighted by molar-refractivity contribution is 7.20. The van der Waals surface area contributed by atoms with Gasteiger partial charge in [-0.1, -0.05) is 36.5 Å². The molecule has 9 heteroatoms. The number of benzene rings is 1. The monoisotopic (exact) mass is 436 g/mol. The van der Waals surface area contributed by atoms with E-state index in [9.17, 15) is 9.59 Å². The highest BCUT2D eigenvalue weighted by atomic mass is 32.1. The molecule has 0 bridgehead atoms. The molecule has 4 heterocycles. The first-order chi connectivity index (χ1) is 15.1. The number of carbonyl (C=O) groups is 1. The van der Waals surface area contributed by atoms with Gasteiger partial charge in [-0.3, -0.25) is 9.59 Å². The van der Waals surface area contributed by atoms with E-state index < -0.39 is 11.5 Å². The minimum Gasteiger partial charge on any atom is -0.361 e. The van der Waals surface area contributed by atoms with Crippen LogP contribution in [0.15, 0.2) is 41.5 Å². The summed E-state index contributed by atoms with van der Waals surface area (Å²) >= 11 is 1.39. The van der Waals surface area contributed by atoms with Gasteiger partial charge < -0.3 is 15.2 Å². The second-order valence-corrected chi connectivity index (χ2v) is 9.03. The Morgan fingerprint density at radius 1 is 1.29 bits per heavy atom. The quantitative estimate of drug-likeness (QED) is 0.502. The summed E-state index contributed by atoms with van der Waals surface area (Å²) in [6, 6.07) is 8.05. The fourth-order valence-corrected chi connectivity index (χ4v) is 4.92. The van der Waals surface area contributed by atoms with Crippen LogP contribution in [0.2, 0.25) is 0 Å². The van der Waals surface area contributed by atoms with Gasteiger partial charge >= 0.3 is 0 Å². The molecule has 1 aliphatic rings. The van der Waals surface area contributed by atoms with Crippen molar-refractivity contribution in [2.24, 2.45) is 5.92 Å². The molecule has 0 unspecified atom stereocenters. The Hall–Kier alpha value is -3.20. The first-order valence-corrected chi connectivity index (χ1v) is 11.4. The average molecular weight is 437 g/mol. The number of nitrogens with zero attached hydrogens (tertiary/aromatic N) is 4. The minimum atomic E-state index is -0.428. The first kappa shape index (κ1) is 19.7. The minimum absolute atomic E-state index is 0.0144. The summed E-state index contributed by atoms with van der Waals surface area (Å²) in [5, 5.41) is 9.23. The van der Waals surface area contributed by atoms with Crippen LogP contribution in [-0.2, 0) is 6.42 Å². The number of aromatic amines is 1. The number of piperidine rings is 1. The lowest BCUT2D eigenvalue weighted by molar-refractivity contribution is 0.0952. The third-order valence-corrected chi connectivity index (χ3v) is 6.91. The zero-order valence-electron chi connectivity index (χ0n) is 17.3. The van der Waals surface area contributed by atoms with Gasteiger partial charge in [-0.2, -0.15) is 4.52 Å². The molecule has 1 fully saturated rings. The van der Waals surface area contributed by atoms with Crippen LogP contribution in [0.5, 0.6) is 0 Å². The Labute approximate surface area is 182 Å². The zero-order chi connectivity index (χ0) is 21.4. The normalized spacial score (nSPS) is 15.1. The highest BCUT2D eigenvalue weighted by Crippen LogP contribution is 2.26. The van der Waals surface area contributed by atoms with Gasteiger partial charge in [0, 0.05) is 42.9 Å². The Balaban J connectivity index is 1.29. The number of anilines is 1. The molecule has 1 aliphatic heterocycles. The summed E-state index contributed by atoms with van der Waals surface area (Å²) in [7, 11) is 0. The van der Waals surface area contributed by atoms with E-state index >= 15 is 0 Å². The molecule has 5 rings (SSSR count). The van der Waals surface area contributed by atoms with Crippen LogP contribution >= 0.6 is 11.3 Å². The van der Waals surface area contributed by atoms with Crippen molar-refractivity contribution in [1.29, 1.82) is 0 Å². The summed E-state index contributed by atoms with van der Waals surface area (Å²) < 4.78 is 1.26. The number of hydrogen-bond donors (Lipinski definition) is 2. The molecule has 8 nitrogen and oxygen atoms in total. The Morgan fingerprint density at radius 3 is 2.94 bits per heavy atom. The number of amides is 1. The van der Waals surface area contributed by atoms with Gasteiger partial charge in [-0.25, -0.2) is 4.98 Å².